The number of rotatable bonds is 6. The van der Waals surface area contributed by atoms with Gasteiger partial charge in [-0.05, 0) is 25.8 Å². The maximum atomic E-state index is 5.76. The van der Waals surface area contributed by atoms with Crippen molar-refractivity contribution in [3.63, 3.8) is 0 Å². The maximum absolute atomic E-state index is 5.76. The van der Waals surface area contributed by atoms with Gasteiger partial charge in [-0.15, -0.1) is 0 Å². The van der Waals surface area contributed by atoms with Gasteiger partial charge < -0.3 is 10.1 Å². The van der Waals surface area contributed by atoms with E-state index in [1.807, 2.05) is 7.05 Å². The van der Waals surface area contributed by atoms with Crippen LogP contribution >= 0.6 is 0 Å². The molecule has 0 aliphatic heterocycles. The zero-order valence-corrected chi connectivity index (χ0v) is 9.92. The van der Waals surface area contributed by atoms with Gasteiger partial charge in [-0.2, -0.15) is 0 Å². The molecule has 0 saturated carbocycles. The summed E-state index contributed by atoms with van der Waals surface area (Å²) < 4.78 is 5.76. The highest BCUT2D eigenvalue weighted by molar-refractivity contribution is 4.68. The van der Waals surface area contributed by atoms with Gasteiger partial charge in [0.2, 0.25) is 0 Å². The molecule has 0 amide bonds. The fourth-order valence-corrected chi connectivity index (χ4v) is 1.06. The second kappa shape index (κ2) is 6.39. The molecule has 1 N–H and O–H groups in total. The zero-order valence-electron chi connectivity index (χ0n) is 9.92. The van der Waals surface area contributed by atoms with E-state index in [1.54, 1.807) is 0 Å². The highest BCUT2D eigenvalue weighted by Crippen LogP contribution is 2.08. The molecule has 0 fully saturated rings. The summed E-state index contributed by atoms with van der Waals surface area (Å²) in [6.07, 6.45) is 0.356. The van der Waals surface area contributed by atoms with Crippen molar-refractivity contribution >= 4 is 0 Å². The van der Waals surface area contributed by atoms with E-state index < -0.39 is 0 Å². The summed E-state index contributed by atoms with van der Waals surface area (Å²) in [5.41, 5.74) is 0. The maximum Gasteiger partial charge on any atom is 0.0625 e. The van der Waals surface area contributed by atoms with Crippen LogP contribution in [-0.4, -0.2) is 25.8 Å². The van der Waals surface area contributed by atoms with Crippen molar-refractivity contribution in [3.8, 4) is 0 Å². The molecule has 0 saturated heterocycles. The minimum absolute atomic E-state index is 0.356. The molecule has 0 bridgehead atoms. The van der Waals surface area contributed by atoms with Gasteiger partial charge in [-0.1, -0.05) is 27.7 Å². The number of nitrogens with one attached hydrogen (secondary N) is 1. The van der Waals surface area contributed by atoms with Gasteiger partial charge in [-0.25, -0.2) is 0 Å². The van der Waals surface area contributed by atoms with Crippen LogP contribution in [-0.2, 0) is 4.74 Å². The van der Waals surface area contributed by atoms with Crippen LogP contribution in [0.15, 0.2) is 0 Å². The summed E-state index contributed by atoms with van der Waals surface area (Å²) >= 11 is 0. The van der Waals surface area contributed by atoms with Gasteiger partial charge in [0.05, 0.1) is 12.7 Å². The lowest BCUT2D eigenvalue weighted by Gasteiger charge is -2.24. The van der Waals surface area contributed by atoms with Crippen LogP contribution in [0.3, 0.4) is 0 Å². The predicted octanol–water partition coefficient (Wildman–Crippen LogP) is 2.29. The molecule has 80 valence electrons. The monoisotopic (exact) mass is 187 g/mol. The van der Waals surface area contributed by atoms with Gasteiger partial charge in [0.15, 0.2) is 0 Å². The van der Waals surface area contributed by atoms with Crippen molar-refractivity contribution in [1.29, 1.82) is 0 Å². The number of likely N-dealkylation sites (N-methyl/N-ethyl adjacent to an activating group) is 1. The summed E-state index contributed by atoms with van der Waals surface area (Å²) in [6.45, 7) is 11.8. The first-order valence-corrected chi connectivity index (χ1v) is 5.27. The summed E-state index contributed by atoms with van der Waals surface area (Å²) in [4.78, 5) is 0. The second-order valence-electron chi connectivity index (χ2n) is 4.42. The summed E-state index contributed by atoms with van der Waals surface area (Å²) in [7, 11) is 1.99. The minimum Gasteiger partial charge on any atom is -0.377 e. The minimum atomic E-state index is 0.356. The Balaban J connectivity index is 3.72. The topological polar surface area (TPSA) is 21.3 Å². The van der Waals surface area contributed by atoms with E-state index in [0.717, 1.165) is 6.61 Å². The van der Waals surface area contributed by atoms with Crippen LogP contribution in [0.4, 0.5) is 0 Å². The van der Waals surface area contributed by atoms with Crippen LogP contribution in [0.25, 0.3) is 0 Å². The fourth-order valence-electron chi connectivity index (χ4n) is 1.06. The van der Waals surface area contributed by atoms with Crippen molar-refractivity contribution < 1.29 is 4.74 Å². The van der Waals surface area contributed by atoms with Gasteiger partial charge in [-0.3, -0.25) is 0 Å². The van der Waals surface area contributed by atoms with Gasteiger partial charge >= 0.3 is 0 Å². The molecule has 0 aromatic rings. The van der Waals surface area contributed by atoms with E-state index in [0.29, 0.717) is 24.0 Å². The molecule has 2 heteroatoms. The molecule has 0 heterocycles. The number of hydrogen-bond donors (Lipinski definition) is 1. The van der Waals surface area contributed by atoms with Crippen molar-refractivity contribution in [1.82, 2.24) is 5.32 Å². The lowest BCUT2D eigenvalue weighted by Crippen LogP contribution is -2.37. The largest absolute Gasteiger partial charge is 0.377 e. The van der Waals surface area contributed by atoms with Gasteiger partial charge in [0.25, 0.3) is 0 Å². The molecule has 13 heavy (non-hydrogen) atoms. The molecule has 0 aliphatic rings. The smallest absolute Gasteiger partial charge is 0.0625 e. The van der Waals surface area contributed by atoms with E-state index in [2.05, 4.69) is 39.9 Å². The standard InChI is InChI=1S/C11H25NO/c1-8(2)10(5)13-7-11(12-6)9(3)4/h8-12H,7H2,1-6H3. The zero-order chi connectivity index (χ0) is 10.4. The molecule has 0 aliphatic carbocycles. The second-order valence-corrected chi connectivity index (χ2v) is 4.42. The third-order valence-electron chi connectivity index (χ3n) is 2.65. The molecule has 0 spiro atoms. The summed E-state index contributed by atoms with van der Waals surface area (Å²) in [5, 5.41) is 3.27. The van der Waals surface area contributed by atoms with E-state index >= 15 is 0 Å². The average molecular weight is 187 g/mol. The molecule has 0 rings (SSSR count). The molecule has 0 aromatic carbocycles. The highest BCUT2D eigenvalue weighted by atomic mass is 16.5. The van der Waals surface area contributed by atoms with Crippen LogP contribution in [0, 0.1) is 11.8 Å². The Kier molecular flexibility index (Phi) is 6.35. The molecule has 2 atom stereocenters. The molecular formula is C11H25NO. The predicted molar refractivity (Wildman–Crippen MR) is 57.9 cm³/mol. The Morgan fingerprint density at radius 1 is 1.00 bits per heavy atom. The number of ether oxygens (including phenoxy) is 1. The first-order chi connectivity index (χ1) is 5.99. The van der Waals surface area contributed by atoms with Crippen LogP contribution in [0.2, 0.25) is 0 Å². The Hall–Kier alpha value is -0.0800. The Morgan fingerprint density at radius 3 is 1.85 bits per heavy atom. The normalized spacial score (nSPS) is 16.6. The molecule has 0 radical (unpaired) electrons. The lowest BCUT2D eigenvalue weighted by molar-refractivity contribution is 0.0164. The molecular weight excluding hydrogens is 162 g/mol. The van der Waals surface area contributed by atoms with Gasteiger partial charge in [0, 0.05) is 6.04 Å². The Bertz CT molecular complexity index is 123. The van der Waals surface area contributed by atoms with Crippen LogP contribution in [0.1, 0.15) is 34.6 Å². The first-order valence-electron chi connectivity index (χ1n) is 5.27. The summed E-state index contributed by atoms with van der Waals surface area (Å²) in [5.74, 6) is 1.23. The molecule has 2 nitrogen and oxygen atoms in total. The van der Waals surface area contributed by atoms with Crippen LogP contribution < -0.4 is 5.32 Å². The van der Waals surface area contributed by atoms with Crippen molar-refractivity contribution in [2.24, 2.45) is 11.8 Å². The Labute approximate surface area is 83.1 Å². The van der Waals surface area contributed by atoms with Crippen LogP contribution in [0.5, 0.6) is 0 Å². The van der Waals surface area contributed by atoms with Gasteiger partial charge in [0.1, 0.15) is 0 Å². The average Bonchev–Trinajstić information content (AvgIpc) is 2.04. The fraction of sp³-hybridized carbons (Fsp3) is 1.00. The van der Waals surface area contributed by atoms with Crippen molar-refractivity contribution in [2.45, 2.75) is 46.8 Å². The summed E-state index contributed by atoms with van der Waals surface area (Å²) in [6, 6.07) is 0.473. The molecule has 0 aromatic heterocycles. The molecule has 2 unspecified atom stereocenters. The number of hydrogen-bond acceptors (Lipinski definition) is 2. The third kappa shape index (κ3) is 5.27. The Morgan fingerprint density at radius 2 is 1.54 bits per heavy atom. The van der Waals surface area contributed by atoms with E-state index in [4.69, 9.17) is 4.74 Å². The lowest BCUT2D eigenvalue weighted by atomic mass is 10.1. The van der Waals surface area contributed by atoms with E-state index in [1.165, 1.54) is 0 Å². The first kappa shape index (κ1) is 12.9. The van der Waals surface area contributed by atoms with Crippen molar-refractivity contribution in [2.75, 3.05) is 13.7 Å². The quantitative estimate of drug-likeness (QED) is 0.689. The van der Waals surface area contributed by atoms with E-state index in [9.17, 15) is 0 Å². The highest BCUT2D eigenvalue weighted by Gasteiger charge is 2.14. The van der Waals surface area contributed by atoms with E-state index in [-0.39, 0.29) is 0 Å². The SMILES string of the molecule is CNC(COC(C)C(C)C)C(C)C. The van der Waals surface area contributed by atoms with Crippen molar-refractivity contribution in [3.05, 3.63) is 0 Å². The third-order valence-corrected chi connectivity index (χ3v) is 2.65.